The molecule has 4 unspecified atom stereocenters. The highest BCUT2D eigenvalue weighted by atomic mass is 16.4. The van der Waals surface area contributed by atoms with Crippen LogP contribution in [0.4, 0.5) is 0 Å². The predicted molar refractivity (Wildman–Crippen MR) is 96.7 cm³/mol. The van der Waals surface area contributed by atoms with E-state index in [1.807, 2.05) is 0 Å². The van der Waals surface area contributed by atoms with Crippen LogP contribution >= 0.6 is 0 Å². The van der Waals surface area contributed by atoms with Crippen LogP contribution in [0.15, 0.2) is 0 Å². The normalized spacial score (nSPS) is 14.8. The van der Waals surface area contributed by atoms with Gasteiger partial charge in [-0.05, 0) is 25.7 Å². The number of carboxylic acid groups (broad SMARTS) is 6. The third-order valence-electron chi connectivity index (χ3n) is 4.77. The maximum absolute atomic E-state index is 11.8. The Kier molecular flexibility index (Phi) is 11.7. The number of unbranched alkanes of at least 4 members (excludes halogenated alkanes) is 2. The lowest BCUT2D eigenvalue weighted by atomic mass is 9.71. The molecule has 0 aliphatic heterocycles. The maximum atomic E-state index is 11.8. The second-order valence-corrected chi connectivity index (χ2v) is 6.90. The SMILES string of the molecule is O=C(O)CCCCC(C(=O)O)C(C(=O)O)C(C(=O)O)C(CCCCC(=O)O)C(=O)O. The molecule has 0 saturated heterocycles. The molecule has 0 spiro atoms. The van der Waals surface area contributed by atoms with E-state index in [-0.39, 0.29) is 51.4 Å². The zero-order valence-corrected chi connectivity index (χ0v) is 16.1. The van der Waals surface area contributed by atoms with E-state index in [0.717, 1.165) is 0 Å². The van der Waals surface area contributed by atoms with Crippen molar-refractivity contribution in [3.8, 4) is 0 Å². The molecule has 0 aliphatic carbocycles. The minimum atomic E-state index is -2.06. The molecule has 0 bridgehead atoms. The van der Waals surface area contributed by atoms with Crippen LogP contribution in [0.25, 0.3) is 0 Å². The third kappa shape index (κ3) is 9.34. The summed E-state index contributed by atoms with van der Waals surface area (Å²) in [4.78, 5) is 68.0. The van der Waals surface area contributed by atoms with Gasteiger partial charge in [0.05, 0.1) is 23.7 Å². The van der Waals surface area contributed by atoms with Crippen molar-refractivity contribution in [3.05, 3.63) is 0 Å². The predicted octanol–water partition coefficient (Wildman–Crippen LogP) is 1.08. The molecule has 30 heavy (non-hydrogen) atoms. The average Bonchev–Trinajstić information content (AvgIpc) is 2.59. The number of carboxylic acids is 6. The third-order valence-corrected chi connectivity index (χ3v) is 4.77. The quantitative estimate of drug-likeness (QED) is 0.177. The molecular weight excluding hydrogens is 408 g/mol. The number of hydrogen-bond donors (Lipinski definition) is 6. The molecule has 12 nitrogen and oxygen atoms in total. The summed E-state index contributed by atoms with van der Waals surface area (Å²) >= 11 is 0. The summed E-state index contributed by atoms with van der Waals surface area (Å²) in [7, 11) is 0. The van der Waals surface area contributed by atoms with Gasteiger partial charge in [0.25, 0.3) is 0 Å². The number of carbonyl (C=O) groups is 6. The minimum Gasteiger partial charge on any atom is -0.481 e. The molecule has 0 rings (SSSR count). The Bertz CT molecular complexity index is 600. The summed E-state index contributed by atoms with van der Waals surface area (Å²) in [6.07, 6.45) is -1.17. The van der Waals surface area contributed by atoms with Crippen molar-refractivity contribution in [2.24, 2.45) is 23.7 Å². The lowest BCUT2D eigenvalue weighted by Crippen LogP contribution is -2.44. The van der Waals surface area contributed by atoms with Crippen molar-refractivity contribution in [3.63, 3.8) is 0 Å². The second-order valence-electron chi connectivity index (χ2n) is 6.90. The van der Waals surface area contributed by atoms with Crippen LogP contribution in [0, 0.1) is 23.7 Å². The van der Waals surface area contributed by atoms with Gasteiger partial charge >= 0.3 is 35.8 Å². The van der Waals surface area contributed by atoms with E-state index in [9.17, 15) is 49.2 Å². The number of aliphatic carboxylic acids is 6. The molecule has 170 valence electrons. The van der Waals surface area contributed by atoms with Crippen LogP contribution in [0.3, 0.4) is 0 Å². The van der Waals surface area contributed by atoms with Gasteiger partial charge in [0.1, 0.15) is 0 Å². The Hall–Kier alpha value is -3.18. The number of rotatable bonds is 17. The molecule has 0 fully saturated rings. The van der Waals surface area contributed by atoms with E-state index in [0.29, 0.717) is 0 Å². The van der Waals surface area contributed by atoms with E-state index in [4.69, 9.17) is 10.2 Å². The Morgan fingerprint density at radius 3 is 0.967 bits per heavy atom. The summed E-state index contributed by atoms with van der Waals surface area (Å²) < 4.78 is 0. The highest BCUT2D eigenvalue weighted by molar-refractivity contribution is 5.88. The van der Waals surface area contributed by atoms with Gasteiger partial charge in [0.2, 0.25) is 0 Å². The van der Waals surface area contributed by atoms with Gasteiger partial charge in [-0.1, -0.05) is 12.8 Å². The van der Waals surface area contributed by atoms with Crippen LogP contribution in [0.2, 0.25) is 0 Å². The topological polar surface area (TPSA) is 224 Å². The lowest BCUT2D eigenvalue weighted by Gasteiger charge is -2.29. The molecule has 12 heteroatoms. The monoisotopic (exact) mass is 434 g/mol. The van der Waals surface area contributed by atoms with Crippen molar-refractivity contribution in [1.82, 2.24) is 0 Å². The standard InChI is InChI=1S/C18H26O12/c19-11(20)7-3-1-5-9(15(23)24)13(17(27)28)14(18(29)30)10(16(25)26)6-2-4-8-12(21)22/h9-10,13-14H,1-8H2,(H,19,20)(H,21,22)(H,23,24)(H,25,26)(H,27,28)(H,29,30). The van der Waals surface area contributed by atoms with Crippen molar-refractivity contribution in [2.75, 3.05) is 0 Å². The van der Waals surface area contributed by atoms with Crippen molar-refractivity contribution in [2.45, 2.75) is 51.4 Å². The summed E-state index contributed by atoms with van der Waals surface area (Å²) in [5.41, 5.74) is 0. The zero-order chi connectivity index (χ0) is 23.4. The summed E-state index contributed by atoms with van der Waals surface area (Å²) in [5.74, 6) is -16.7. The van der Waals surface area contributed by atoms with Crippen LogP contribution in [0.5, 0.6) is 0 Å². The molecule has 0 aromatic heterocycles. The van der Waals surface area contributed by atoms with Gasteiger partial charge < -0.3 is 30.6 Å². The number of hydrogen-bond acceptors (Lipinski definition) is 6. The first kappa shape index (κ1) is 26.8. The fraction of sp³-hybridized carbons (Fsp3) is 0.667. The van der Waals surface area contributed by atoms with Crippen LogP contribution < -0.4 is 0 Å². The molecule has 0 amide bonds. The smallest absolute Gasteiger partial charge is 0.308 e. The molecule has 6 N–H and O–H groups in total. The summed E-state index contributed by atoms with van der Waals surface area (Å²) in [6, 6.07) is 0. The van der Waals surface area contributed by atoms with Gasteiger partial charge in [-0.3, -0.25) is 28.8 Å². The molecule has 0 aromatic carbocycles. The first-order chi connectivity index (χ1) is 13.9. The Morgan fingerprint density at radius 2 is 0.767 bits per heavy atom. The van der Waals surface area contributed by atoms with Gasteiger partial charge in [0, 0.05) is 12.8 Å². The lowest BCUT2D eigenvalue weighted by molar-refractivity contribution is -0.168. The first-order valence-electron chi connectivity index (χ1n) is 9.24. The Morgan fingerprint density at radius 1 is 0.467 bits per heavy atom. The molecule has 0 aromatic rings. The highest BCUT2D eigenvalue weighted by Crippen LogP contribution is 2.35. The molecule has 0 radical (unpaired) electrons. The molecule has 4 atom stereocenters. The highest BCUT2D eigenvalue weighted by Gasteiger charge is 2.48. The minimum absolute atomic E-state index is 0.00423. The second kappa shape index (κ2) is 13.1. The first-order valence-corrected chi connectivity index (χ1v) is 9.24. The van der Waals surface area contributed by atoms with Crippen LogP contribution in [-0.2, 0) is 28.8 Å². The van der Waals surface area contributed by atoms with Gasteiger partial charge in [-0.15, -0.1) is 0 Å². The molecule has 0 heterocycles. The van der Waals surface area contributed by atoms with Gasteiger partial charge in [-0.25, -0.2) is 0 Å². The van der Waals surface area contributed by atoms with E-state index >= 15 is 0 Å². The van der Waals surface area contributed by atoms with Crippen molar-refractivity contribution >= 4 is 35.8 Å². The molecular formula is C18H26O12. The Balaban J connectivity index is 5.68. The van der Waals surface area contributed by atoms with Crippen LogP contribution in [-0.4, -0.2) is 66.5 Å². The zero-order valence-electron chi connectivity index (χ0n) is 16.1. The fourth-order valence-electron chi connectivity index (χ4n) is 3.35. The average molecular weight is 434 g/mol. The molecule has 0 aliphatic rings. The summed E-state index contributed by atoms with van der Waals surface area (Å²) in [6.45, 7) is 0. The Labute approximate surface area is 171 Å². The van der Waals surface area contributed by atoms with E-state index in [2.05, 4.69) is 0 Å². The van der Waals surface area contributed by atoms with E-state index in [1.165, 1.54) is 0 Å². The fourth-order valence-corrected chi connectivity index (χ4v) is 3.35. The summed E-state index contributed by atoms with van der Waals surface area (Å²) in [5, 5.41) is 55.2. The van der Waals surface area contributed by atoms with Crippen molar-refractivity contribution < 1.29 is 59.4 Å². The van der Waals surface area contributed by atoms with E-state index in [1.54, 1.807) is 0 Å². The van der Waals surface area contributed by atoms with Crippen molar-refractivity contribution in [1.29, 1.82) is 0 Å². The maximum Gasteiger partial charge on any atom is 0.308 e. The molecule has 0 saturated carbocycles. The van der Waals surface area contributed by atoms with Gasteiger partial charge in [0.15, 0.2) is 0 Å². The van der Waals surface area contributed by atoms with E-state index < -0.39 is 59.5 Å². The van der Waals surface area contributed by atoms with Crippen LogP contribution in [0.1, 0.15) is 51.4 Å². The largest absolute Gasteiger partial charge is 0.481 e. The van der Waals surface area contributed by atoms with Gasteiger partial charge in [-0.2, -0.15) is 0 Å².